The third-order valence-electron chi connectivity index (χ3n) is 4.76. The van der Waals surface area contributed by atoms with Crippen molar-refractivity contribution >= 4 is 5.78 Å². The van der Waals surface area contributed by atoms with Crippen molar-refractivity contribution < 1.29 is 59.9 Å². The lowest BCUT2D eigenvalue weighted by Crippen LogP contribution is -2.70. The molecule has 15 heteroatoms. The first-order chi connectivity index (χ1) is 13.6. The van der Waals surface area contributed by atoms with Crippen molar-refractivity contribution in [2.24, 2.45) is 5.11 Å². The van der Waals surface area contributed by atoms with Gasteiger partial charge in [0.1, 0.15) is 48.8 Å². The number of ketones is 1. The minimum Gasteiger partial charge on any atom is -0.394 e. The smallest absolute Gasteiger partial charge is 0.256 e. The summed E-state index contributed by atoms with van der Waals surface area (Å²) in [6.45, 7) is -2.62. The number of carbonyl (C=O) groups is 1. The second-order valence-corrected chi connectivity index (χ2v) is 6.58. The molecular formula is C14H23N3O12. The molecule has 29 heavy (non-hydrogen) atoms. The first-order valence-electron chi connectivity index (χ1n) is 8.49. The number of hydrogen-bond donors (Lipinski definition) is 8. The van der Waals surface area contributed by atoms with Gasteiger partial charge in [0.15, 0.2) is 6.29 Å². The van der Waals surface area contributed by atoms with Gasteiger partial charge in [-0.1, -0.05) is 5.11 Å². The average Bonchev–Trinajstić information content (AvgIpc) is 2.71. The van der Waals surface area contributed by atoms with E-state index in [0.717, 1.165) is 0 Å². The number of carbonyl (C=O) groups excluding carboxylic acids is 1. The number of hydrogen-bond acceptors (Lipinski definition) is 13. The fourth-order valence-electron chi connectivity index (χ4n) is 3.08. The van der Waals surface area contributed by atoms with Crippen molar-refractivity contribution in [2.75, 3.05) is 19.8 Å². The molecule has 0 saturated carbocycles. The SMILES string of the molecule is [N-]=[N+]=NCC(=O)C1(O)O[C@H](CO)[C@@H](O[C@@H]2O[C@H](CO)[C@H](O)[C@H](O)[C@H]2O)[C@H](O)[C@H]1O. The zero-order chi connectivity index (χ0) is 21.9. The van der Waals surface area contributed by atoms with Gasteiger partial charge in [0.05, 0.1) is 19.8 Å². The number of aliphatic hydroxyl groups excluding tert-OH is 7. The Morgan fingerprint density at radius 2 is 1.66 bits per heavy atom. The number of rotatable bonds is 7. The zero-order valence-electron chi connectivity index (χ0n) is 14.9. The Labute approximate surface area is 162 Å². The van der Waals surface area contributed by atoms with Crippen LogP contribution in [0.15, 0.2) is 5.11 Å². The fourth-order valence-corrected chi connectivity index (χ4v) is 3.08. The maximum Gasteiger partial charge on any atom is 0.256 e. The van der Waals surface area contributed by atoms with Crippen LogP contribution in [0.25, 0.3) is 10.4 Å². The van der Waals surface area contributed by atoms with E-state index in [9.17, 15) is 45.6 Å². The fraction of sp³-hybridized carbons (Fsp3) is 0.929. The van der Waals surface area contributed by atoms with E-state index in [1.54, 1.807) is 0 Å². The van der Waals surface area contributed by atoms with Gasteiger partial charge in [-0.25, -0.2) is 0 Å². The Morgan fingerprint density at radius 3 is 2.21 bits per heavy atom. The predicted octanol–water partition coefficient (Wildman–Crippen LogP) is -5.15. The zero-order valence-corrected chi connectivity index (χ0v) is 14.9. The van der Waals surface area contributed by atoms with Gasteiger partial charge in [0.25, 0.3) is 5.79 Å². The van der Waals surface area contributed by atoms with Gasteiger partial charge in [0, 0.05) is 4.91 Å². The molecule has 10 atom stereocenters. The van der Waals surface area contributed by atoms with E-state index in [1.165, 1.54) is 0 Å². The molecule has 2 saturated heterocycles. The lowest BCUT2D eigenvalue weighted by atomic mass is 9.89. The summed E-state index contributed by atoms with van der Waals surface area (Å²) in [5.74, 6) is -4.33. The summed E-state index contributed by atoms with van der Waals surface area (Å²) in [5.41, 5.74) is 8.26. The number of aliphatic hydroxyl groups is 8. The van der Waals surface area contributed by atoms with Gasteiger partial charge < -0.3 is 55.1 Å². The summed E-state index contributed by atoms with van der Waals surface area (Å²) in [4.78, 5) is 14.3. The molecule has 0 spiro atoms. The van der Waals surface area contributed by atoms with Crippen LogP contribution in [0.5, 0.6) is 0 Å². The van der Waals surface area contributed by atoms with Crippen LogP contribution >= 0.6 is 0 Å². The molecule has 0 radical (unpaired) electrons. The van der Waals surface area contributed by atoms with Crippen LogP contribution in [0.4, 0.5) is 0 Å². The molecule has 2 aliphatic rings. The maximum absolute atomic E-state index is 12.0. The molecule has 0 amide bonds. The van der Waals surface area contributed by atoms with Gasteiger partial charge in [-0.3, -0.25) is 4.79 Å². The quantitative estimate of drug-likeness (QED) is 0.108. The Balaban J connectivity index is 2.21. The van der Waals surface area contributed by atoms with Crippen molar-refractivity contribution in [3.63, 3.8) is 0 Å². The van der Waals surface area contributed by atoms with E-state index in [0.29, 0.717) is 0 Å². The highest BCUT2D eigenvalue weighted by Crippen LogP contribution is 2.33. The van der Waals surface area contributed by atoms with Gasteiger partial charge in [-0.2, -0.15) is 0 Å². The second kappa shape index (κ2) is 9.57. The van der Waals surface area contributed by atoms with Crippen molar-refractivity contribution in [3.8, 4) is 0 Å². The molecule has 2 rings (SSSR count). The van der Waals surface area contributed by atoms with Crippen LogP contribution in [-0.4, -0.2) is 127 Å². The van der Waals surface area contributed by atoms with Gasteiger partial charge in [0.2, 0.25) is 5.78 Å². The summed E-state index contributed by atoms with van der Waals surface area (Å²) in [5, 5.41) is 82.0. The number of Topliss-reactive ketones (excluding diaryl/α,β-unsaturated/α-hetero) is 1. The molecule has 1 unspecified atom stereocenters. The molecule has 8 N–H and O–H groups in total. The predicted molar refractivity (Wildman–Crippen MR) is 86.6 cm³/mol. The van der Waals surface area contributed by atoms with Gasteiger partial charge in [-0.05, 0) is 5.53 Å². The van der Waals surface area contributed by atoms with Gasteiger partial charge in [-0.15, -0.1) is 0 Å². The number of azide groups is 1. The highest BCUT2D eigenvalue weighted by atomic mass is 16.7. The minimum atomic E-state index is -3.03. The Morgan fingerprint density at radius 1 is 1.03 bits per heavy atom. The highest BCUT2D eigenvalue weighted by Gasteiger charge is 2.58. The van der Waals surface area contributed by atoms with Crippen LogP contribution in [0.3, 0.4) is 0 Å². The molecular weight excluding hydrogens is 402 g/mol. The second-order valence-electron chi connectivity index (χ2n) is 6.58. The van der Waals surface area contributed by atoms with Gasteiger partial charge >= 0.3 is 0 Å². The Bertz CT molecular complexity index is 629. The number of nitrogens with zero attached hydrogens (tertiary/aromatic N) is 3. The summed E-state index contributed by atoms with van der Waals surface area (Å²) >= 11 is 0. The van der Waals surface area contributed by atoms with Crippen LogP contribution in [0.2, 0.25) is 0 Å². The Hall–Kier alpha value is -1.46. The minimum absolute atomic E-state index is 0.756. The summed E-state index contributed by atoms with van der Waals surface area (Å²) in [7, 11) is 0. The van der Waals surface area contributed by atoms with Crippen LogP contribution < -0.4 is 0 Å². The molecule has 2 fully saturated rings. The largest absolute Gasteiger partial charge is 0.394 e. The standard InChI is InChI=1S/C14H23N3O12/c15-17-16-1-6(20)14(26)12(25)10(24)11(5(3-19)29-14)28-13-9(23)8(22)7(21)4(2-18)27-13/h4-5,7-13,18-19,21-26H,1-3H2/t4-,5-,7+,8+,9-,10+,11-,12-,13+,14?/m1/s1. The molecule has 0 aromatic carbocycles. The van der Waals surface area contributed by atoms with Crippen molar-refractivity contribution in [3.05, 3.63) is 10.4 Å². The van der Waals surface area contributed by atoms with E-state index >= 15 is 0 Å². The van der Waals surface area contributed by atoms with Crippen molar-refractivity contribution in [1.82, 2.24) is 0 Å². The first-order valence-corrected chi connectivity index (χ1v) is 8.49. The van der Waals surface area contributed by atoms with Crippen molar-refractivity contribution in [2.45, 2.75) is 60.9 Å². The molecule has 15 nitrogen and oxygen atoms in total. The normalized spacial score (nSPS) is 45.4. The third kappa shape index (κ3) is 4.51. The molecule has 0 aromatic heterocycles. The summed E-state index contributed by atoms with van der Waals surface area (Å²) in [6, 6.07) is 0. The van der Waals surface area contributed by atoms with Crippen LogP contribution in [0, 0.1) is 0 Å². The van der Waals surface area contributed by atoms with E-state index in [-0.39, 0.29) is 0 Å². The van der Waals surface area contributed by atoms with Crippen molar-refractivity contribution in [1.29, 1.82) is 0 Å². The lowest BCUT2D eigenvalue weighted by molar-refractivity contribution is -0.372. The lowest BCUT2D eigenvalue weighted by Gasteiger charge is -2.48. The first kappa shape index (κ1) is 23.8. The molecule has 0 aliphatic carbocycles. The summed E-state index contributed by atoms with van der Waals surface area (Å²) < 4.78 is 15.4. The molecule has 0 aromatic rings. The third-order valence-corrected chi connectivity index (χ3v) is 4.76. The van der Waals surface area contributed by atoms with Crippen LogP contribution in [-0.2, 0) is 19.0 Å². The van der Waals surface area contributed by atoms with E-state index in [2.05, 4.69) is 10.0 Å². The Kier molecular flexibility index (Phi) is 7.86. The van der Waals surface area contributed by atoms with E-state index < -0.39 is 86.5 Å². The van der Waals surface area contributed by atoms with E-state index in [1.807, 2.05) is 0 Å². The van der Waals surface area contributed by atoms with Crippen LogP contribution in [0.1, 0.15) is 0 Å². The molecule has 2 heterocycles. The summed E-state index contributed by atoms with van der Waals surface area (Å²) in [6.07, 6.45) is -16.1. The molecule has 2 aliphatic heterocycles. The average molecular weight is 425 g/mol. The topological polar surface area (TPSA) is 255 Å². The monoisotopic (exact) mass is 425 g/mol. The molecule has 0 bridgehead atoms. The highest BCUT2D eigenvalue weighted by molar-refractivity contribution is 5.88. The number of ether oxygens (including phenoxy) is 3. The van der Waals surface area contributed by atoms with E-state index in [4.69, 9.17) is 19.7 Å². The maximum atomic E-state index is 12.0. The molecule has 166 valence electrons.